The SMILES string of the molecule is CCC(=O)Nc1c(Br)cc(C(O)CN(CC)CC)cc1Br. The molecule has 1 aromatic carbocycles. The van der Waals surface area contributed by atoms with Crippen molar-refractivity contribution in [1.82, 2.24) is 4.90 Å². The van der Waals surface area contributed by atoms with E-state index in [2.05, 4.69) is 55.9 Å². The Balaban J connectivity index is 2.94. The third kappa shape index (κ3) is 5.36. The molecule has 1 atom stereocenters. The van der Waals surface area contributed by atoms with E-state index in [4.69, 9.17) is 0 Å². The fourth-order valence-corrected chi connectivity index (χ4v) is 3.38. The van der Waals surface area contributed by atoms with Gasteiger partial charge < -0.3 is 15.3 Å². The summed E-state index contributed by atoms with van der Waals surface area (Å²) in [5.74, 6) is -0.0483. The maximum absolute atomic E-state index is 11.5. The second kappa shape index (κ2) is 8.88. The standard InChI is InChI=1S/C15H22Br2N2O2/c1-4-14(21)18-15-11(16)7-10(8-12(15)17)13(20)9-19(5-2)6-3/h7-8,13,20H,4-6,9H2,1-3H3,(H,18,21). The summed E-state index contributed by atoms with van der Waals surface area (Å²) in [4.78, 5) is 13.7. The van der Waals surface area contributed by atoms with E-state index < -0.39 is 6.10 Å². The molecule has 118 valence electrons. The molecule has 0 saturated heterocycles. The van der Waals surface area contributed by atoms with Gasteiger partial charge in [-0.15, -0.1) is 0 Å². The Morgan fingerprint density at radius 2 is 1.76 bits per heavy atom. The zero-order valence-corrected chi connectivity index (χ0v) is 15.8. The molecule has 4 nitrogen and oxygen atoms in total. The van der Waals surface area contributed by atoms with Gasteiger partial charge in [0.25, 0.3) is 0 Å². The summed E-state index contributed by atoms with van der Waals surface area (Å²) >= 11 is 6.91. The van der Waals surface area contributed by atoms with Gasteiger partial charge in [-0.1, -0.05) is 20.8 Å². The monoisotopic (exact) mass is 420 g/mol. The van der Waals surface area contributed by atoms with E-state index in [0.717, 1.165) is 27.6 Å². The van der Waals surface area contributed by atoms with Gasteiger partial charge in [-0.3, -0.25) is 4.79 Å². The summed E-state index contributed by atoms with van der Waals surface area (Å²) in [5, 5.41) is 13.2. The van der Waals surface area contributed by atoms with Crippen molar-refractivity contribution in [3.05, 3.63) is 26.6 Å². The lowest BCUT2D eigenvalue weighted by Crippen LogP contribution is -2.28. The number of rotatable bonds is 7. The van der Waals surface area contributed by atoms with Crippen LogP contribution in [0.1, 0.15) is 38.9 Å². The number of halogens is 2. The van der Waals surface area contributed by atoms with Crippen LogP contribution in [0, 0.1) is 0 Å². The number of carbonyl (C=O) groups is 1. The molecule has 0 heterocycles. The van der Waals surface area contributed by atoms with Crippen LogP contribution >= 0.6 is 31.9 Å². The average molecular weight is 422 g/mol. The van der Waals surface area contributed by atoms with Crippen LogP contribution in [0.4, 0.5) is 5.69 Å². The highest BCUT2D eigenvalue weighted by atomic mass is 79.9. The van der Waals surface area contributed by atoms with Gasteiger partial charge in [0.1, 0.15) is 0 Å². The minimum absolute atomic E-state index is 0.0483. The molecule has 0 radical (unpaired) electrons. The number of nitrogens with one attached hydrogen (secondary N) is 1. The van der Waals surface area contributed by atoms with Crippen molar-refractivity contribution in [3.63, 3.8) is 0 Å². The Kier molecular flexibility index (Phi) is 7.87. The predicted molar refractivity (Wildman–Crippen MR) is 93.5 cm³/mol. The lowest BCUT2D eigenvalue weighted by molar-refractivity contribution is -0.115. The molecular weight excluding hydrogens is 400 g/mol. The number of nitrogens with zero attached hydrogens (tertiary/aromatic N) is 1. The Bertz CT molecular complexity index is 468. The number of anilines is 1. The van der Waals surface area contributed by atoms with Gasteiger partial charge >= 0.3 is 0 Å². The van der Waals surface area contributed by atoms with Gasteiger partial charge in [-0.05, 0) is 62.6 Å². The molecule has 0 aliphatic heterocycles. The molecular formula is C15H22Br2N2O2. The number of aliphatic hydroxyl groups excluding tert-OH is 1. The van der Waals surface area contributed by atoms with Crippen molar-refractivity contribution >= 4 is 43.5 Å². The normalized spacial score (nSPS) is 12.5. The summed E-state index contributed by atoms with van der Waals surface area (Å²) < 4.78 is 1.51. The highest BCUT2D eigenvalue weighted by Gasteiger charge is 2.16. The zero-order valence-electron chi connectivity index (χ0n) is 12.6. The van der Waals surface area contributed by atoms with Crippen LogP contribution in [-0.2, 0) is 4.79 Å². The molecule has 6 heteroatoms. The van der Waals surface area contributed by atoms with Crippen molar-refractivity contribution < 1.29 is 9.90 Å². The molecule has 0 saturated carbocycles. The van der Waals surface area contributed by atoms with E-state index in [1.165, 1.54) is 0 Å². The van der Waals surface area contributed by atoms with Crippen LogP contribution in [-0.4, -0.2) is 35.5 Å². The van der Waals surface area contributed by atoms with E-state index in [9.17, 15) is 9.90 Å². The van der Waals surface area contributed by atoms with Gasteiger partial charge in [0.05, 0.1) is 11.8 Å². The van der Waals surface area contributed by atoms with Gasteiger partial charge in [0, 0.05) is 21.9 Å². The molecule has 0 aliphatic carbocycles. The Morgan fingerprint density at radius 1 is 1.24 bits per heavy atom. The smallest absolute Gasteiger partial charge is 0.224 e. The van der Waals surface area contributed by atoms with Crippen molar-refractivity contribution in [2.45, 2.75) is 33.3 Å². The number of hydrogen-bond acceptors (Lipinski definition) is 3. The molecule has 1 aromatic rings. The molecule has 1 rings (SSSR count). The van der Waals surface area contributed by atoms with Crippen LogP contribution in [0.3, 0.4) is 0 Å². The minimum Gasteiger partial charge on any atom is -0.387 e. The molecule has 0 aromatic heterocycles. The van der Waals surface area contributed by atoms with E-state index >= 15 is 0 Å². The summed E-state index contributed by atoms with van der Waals surface area (Å²) in [6.45, 7) is 8.35. The van der Waals surface area contributed by atoms with E-state index in [0.29, 0.717) is 18.7 Å². The second-order valence-corrected chi connectivity index (χ2v) is 6.47. The summed E-state index contributed by atoms with van der Waals surface area (Å²) in [6, 6.07) is 3.70. The summed E-state index contributed by atoms with van der Waals surface area (Å²) in [5.41, 5.74) is 1.51. The van der Waals surface area contributed by atoms with Gasteiger partial charge in [0.15, 0.2) is 0 Å². The average Bonchev–Trinajstić information content (AvgIpc) is 2.47. The van der Waals surface area contributed by atoms with Crippen molar-refractivity contribution in [2.75, 3.05) is 25.0 Å². The van der Waals surface area contributed by atoms with Gasteiger partial charge in [0.2, 0.25) is 5.91 Å². The lowest BCUT2D eigenvalue weighted by Gasteiger charge is -2.23. The number of hydrogen-bond donors (Lipinski definition) is 2. The summed E-state index contributed by atoms with van der Waals surface area (Å²) in [6.07, 6.45) is -0.140. The number of carbonyl (C=O) groups excluding carboxylic acids is 1. The molecule has 0 aliphatic rings. The molecule has 0 spiro atoms. The minimum atomic E-state index is -0.562. The maximum Gasteiger partial charge on any atom is 0.224 e. The lowest BCUT2D eigenvalue weighted by atomic mass is 10.1. The first kappa shape index (κ1) is 18.6. The van der Waals surface area contributed by atoms with E-state index in [1.807, 2.05) is 12.1 Å². The first-order valence-electron chi connectivity index (χ1n) is 7.12. The fourth-order valence-electron chi connectivity index (χ4n) is 1.96. The largest absolute Gasteiger partial charge is 0.387 e. The first-order valence-corrected chi connectivity index (χ1v) is 8.70. The molecule has 21 heavy (non-hydrogen) atoms. The van der Waals surface area contributed by atoms with Crippen LogP contribution in [0.2, 0.25) is 0 Å². The highest BCUT2D eigenvalue weighted by molar-refractivity contribution is 9.11. The topological polar surface area (TPSA) is 52.6 Å². The fraction of sp³-hybridized carbons (Fsp3) is 0.533. The second-order valence-electron chi connectivity index (χ2n) is 4.76. The molecule has 1 amide bonds. The number of likely N-dealkylation sites (N-methyl/N-ethyl adjacent to an activating group) is 1. The Hall–Kier alpha value is -0.430. The van der Waals surface area contributed by atoms with Gasteiger partial charge in [-0.2, -0.15) is 0 Å². The van der Waals surface area contributed by atoms with Gasteiger partial charge in [-0.25, -0.2) is 0 Å². The number of aliphatic hydroxyl groups is 1. The van der Waals surface area contributed by atoms with E-state index in [1.54, 1.807) is 6.92 Å². The van der Waals surface area contributed by atoms with Crippen molar-refractivity contribution in [2.24, 2.45) is 0 Å². The zero-order chi connectivity index (χ0) is 16.0. The van der Waals surface area contributed by atoms with Crippen LogP contribution < -0.4 is 5.32 Å². The van der Waals surface area contributed by atoms with Crippen LogP contribution in [0.15, 0.2) is 21.1 Å². The molecule has 2 N–H and O–H groups in total. The number of amides is 1. The Labute approximate surface area is 143 Å². The molecule has 0 bridgehead atoms. The van der Waals surface area contributed by atoms with Crippen LogP contribution in [0.25, 0.3) is 0 Å². The van der Waals surface area contributed by atoms with Crippen molar-refractivity contribution in [1.29, 1.82) is 0 Å². The quantitative estimate of drug-likeness (QED) is 0.701. The third-order valence-electron chi connectivity index (χ3n) is 3.36. The Morgan fingerprint density at radius 3 is 2.19 bits per heavy atom. The maximum atomic E-state index is 11.5. The molecule has 0 fully saturated rings. The number of benzene rings is 1. The summed E-state index contributed by atoms with van der Waals surface area (Å²) in [7, 11) is 0. The highest BCUT2D eigenvalue weighted by Crippen LogP contribution is 2.34. The predicted octanol–water partition coefficient (Wildman–Crippen LogP) is 3.94. The third-order valence-corrected chi connectivity index (χ3v) is 4.61. The van der Waals surface area contributed by atoms with Crippen molar-refractivity contribution in [3.8, 4) is 0 Å². The van der Waals surface area contributed by atoms with E-state index in [-0.39, 0.29) is 5.91 Å². The molecule has 1 unspecified atom stereocenters. The van der Waals surface area contributed by atoms with Crippen LogP contribution in [0.5, 0.6) is 0 Å². The first-order chi connectivity index (χ1) is 9.92.